The molecular weight excluding hydrogens is 711 g/mol. The zero-order valence-electron chi connectivity index (χ0n) is 31.2. The molecule has 11 rings (SSSR count). The number of pyridine rings is 4. The predicted molar refractivity (Wildman–Crippen MR) is 236 cm³/mol. The minimum atomic E-state index is 0.644. The van der Waals surface area contributed by atoms with Crippen LogP contribution in [-0.2, 0) is 0 Å². The molecule has 0 N–H and O–H groups in total. The molecule has 6 aromatic carbocycles. The molecule has 0 saturated carbocycles. The van der Waals surface area contributed by atoms with Gasteiger partial charge in [-0.05, 0) is 77.7 Å². The van der Waals surface area contributed by atoms with Crippen molar-refractivity contribution in [2.75, 3.05) is 4.90 Å². The zero-order valence-corrected chi connectivity index (χ0v) is 31.2. The molecule has 0 aliphatic carbocycles. The van der Waals surface area contributed by atoms with E-state index in [1.165, 1.54) is 5.39 Å². The van der Waals surface area contributed by atoms with E-state index in [1.54, 1.807) is 6.20 Å². The average molecular weight is 744 g/mol. The monoisotopic (exact) mass is 743 g/mol. The lowest BCUT2D eigenvalue weighted by atomic mass is 10.0. The molecule has 11 aromatic rings. The molecule has 5 heterocycles. The van der Waals surface area contributed by atoms with Gasteiger partial charge in [0.25, 0.3) is 0 Å². The van der Waals surface area contributed by atoms with E-state index in [-0.39, 0.29) is 0 Å². The van der Waals surface area contributed by atoms with E-state index in [0.717, 1.165) is 94.6 Å². The van der Waals surface area contributed by atoms with Gasteiger partial charge in [0, 0.05) is 79.5 Å². The number of nitrogens with zero attached hydrogens (tertiary/aromatic N) is 5. The number of furan rings is 1. The smallest absolute Gasteiger partial charge is 0.227 e. The third kappa shape index (κ3) is 5.92. The lowest BCUT2D eigenvalue weighted by Crippen LogP contribution is -2.09. The zero-order chi connectivity index (χ0) is 38.4. The highest BCUT2D eigenvalue weighted by atomic mass is 16.3. The number of hydrogen-bond acceptors (Lipinski definition) is 6. The van der Waals surface area contributed by atoms with Crippen LogP contribution < -0.4 is 4.90 Å². The lowest BCUT2D eigenvalue weighted by molar-refractivity contribution is 0.655. The number of anilines is 3. The third-order valence-corrected chi connectivity index (χ3v) is 10.8. The van der Waals surface area contributed by atoms with Gasteiger partial charge in [-0.3, -0.25) is 9.97 Å². The molecule has 0 aliphatic heterocycles. The van der Waals surface area contributed by atoms with Gasteiger partial charge in [0.05, 0.1) is 22.6 Å². The highest BCUT2D eigenvalue weighted by molar-refractivity contribution is 6.08. The quantitative estimate of drug-likeness (QED) is 0.162. The Bertz CT molecular complexity index is 3270. The van der Waals surface area contributed by atoms with Crippen LogP contribution in [0.4, 0.5) is 17.1 Å². The van der Waals surface area contributed by atoms with E-state index in [4.69, 9.17) is 19.4 Å². The maximum Gasteiger partial charge on any atom is 0.227 e. The van der Waals surface area contributed by atoms with Crippen LogP contribution in [0.25, 0.3) is 88.6 Å². The topological polar surface area (TPSA) is 67.9 Å². The van der Waals surface area contributed by atoms with E-state index in [2.05, 4.69) is 155 Å². The van der Waals surface area contributed by atoms with Gasteiger partial charge in [0.2, 0.25) is 5.71 Å². The van der Waals surface area contributed by atoms with Crippen LogP contribution in [0.3, 0.4) is 0 Å². The molecule has 0 unspecified atom stereocenters. The van der Waals surface area contributed by atoms with Gasteiger partial charge in [-0.15, -0.1) is 0 Å². The first kappa shape index (κ1) is 33.4. The summed E-state index contributed by atoms with van der Waals surface area (Å²) in [6.45, 7) is 0. The average Bonchev–Trinajstić information content (AvgIpc) is 3.69. The van der Waals surface area contributed by atoms with Crippen molar-refractivity contribution < 1.29 is 4.42 Å². The van der Waals surface area contributed by atoms with Gasteiger partial charge in [-0.25, -0.2) is 9.97 Å². The second kappa shape index (κ2) is 14.0. The standard InChI is InChI=1S/C52H33N5O/c1-2-9-37(10-3-1)50-49-39(13-7-29-53-49)32-48(56-50)36-21-27-43(28-22-36)57(42-25-19-35(20-26-42)47-31-38-11-4-5-12-40(38)33-55-47)41-23-17-34(18-24-41)44-14-6-15-45-46-16-8-30-54-52(46)58-51(44)45/h1-33H. The molecule has 0 spiro atoms. The van der Waals surface area contributed by atoms with Crippen molar-refractivity contribution in [3.8, 4) is 44.9 Å². The summed E-state index contributed by atoms with van der Waals surface area (Å²) in [5.74, 6) is 0. The second-order valence-corrected chi connectivity index (χ2v) is 14.3. The van der Waals surface area contributed by atoms with E-state index in [9.17, 15) is 0 Å². The van der Waals surface area contributed by atoms with Gasteiger partial charge in [-0.2, -0.15) is 0 Å². The summed E-state index contributed by atoms with van der Waals surface area (Å²) in [7, 11) is 0. The van der Waals surface area contributed by atoms with Crippen LogP contribution in [0, 0.1) is 0 Å². The van der Waals surface area contributed by atoms with Crippen LogP contribution in [0.2, 0.25) is 0 Å². The van der Waals surface area contributed by atoms with Gasteiger partial charge in [-0.1, -0.05) is 115 Å². The molecule has 0 aliphatic rings. The highest BCUT2D eigenvalue weighted by Gasteiger charge is 2.17. The minimum absolute atomic E-state index is 0.644. The Morgan fingerprint density at radius 2 is 1.02 bits per heavy atom. The summed E-state index contributed by atoms with van der Waals surface area (Å²) < 4.78 is 6.29. The number of fused-ring (bicyclic) bond motifs is 5. The fourth-order valence-corrected chi connectivity index (χ4v) is 7.93. The van der Waals surface area contributed by atoms with E-state index < -0.39 is 0 Å². The first-order chi connectivity index (χ1) is 28.7. The molecule has 6 nitrogen and oxygen atoms in total. The van der Waals surface area contributed by atoms with E-state index in [0.29, 0.717) is 5.71 Å². The number of benzene rings is 6. The lowest BCUT2D eigenvalue weighted by Gasteiger charge is -2.26. The molecule has 0 atom stereocenters. The Balaban J connectivity index is 0.991. The Morgan fingerprint density at radius 1 is 0.414 bits per heavy atom. The first-order valence-electron chi connectivity index (χ1n) is 19.3. The molecular formula is C52H33N5O. The summed E-state index contributed by atoms with van der Waals surface area (Å²) in [6.07, 6.45) is 5.54. The van der Waals surface area contributed by atoms with Crippen molar-refractivity contribution >= 4 is 60.8 Å². The van der Waals surface area contributed by atoms with Crippen LogP contribution in [0.5, 0.6) is 0 Å². The maximum absolute atomic E-state index is 6.29. The van der Waals surface area contributed by atoms with Gasteiger partial charge < -0.3 is 9.32 Å². The second-order valence-electron chi connectivity index (χ2n) is 14.3. The molecule has 5 aromatic heterocycles. The molecule has 6 heteroatoms. The minimum Gasteiger partial charge on any atom is -0.437 e. The highest BCUT2D eigenvalue weighted by Crippen LogP contribution is 2.40. The molecule has 0 amide bonds. The summed E-state index contributed by atoms with van der Waals surface area (Å²) in [5, 5.41) is 5.41. The first-order valence-corrected chi connectivity index (χ1v) is 19.3. The molecule has 0 bridgehead atoms. The van der Waals surface area contributed by atoms with Crippen molar-refractivity contribution in [1.29, 1.82) is 0 Å². The maximum atomic E-state index is 6.29. The Morgan fingerprint density at radius 3 is 1.78 bits per heavy atom. The molecule has 272 valence electrons. The van der Waals surface area contributed by atoms with Crippen molar-refractivity contribution in [2.45, 2.75) is 0 Å². The van der Waals surface area contributed by atoms with Crippen molar-refractivity contribution in [2.24, 2.45) is 0 Å². The number of aromatic nitrogens is 4. The predicted octanol–water partition coefficient (Wildman–Crippen LogP) is 13.6. The SMILES string of the molecule is c1ccc(-c2nc(-c3ccc(N(c4ccc(-c5cc6ccccc6cn5)cc4)c4ccc(-c5cccc6c5oc5ncccc56)cc4)cc3)cc3cccnc23)cc1. The summed E-state index contributed by atoms with van der Waals surface area (Å²) >= 11 is 0. The van der Waals surface area contributed by atoms with E-state index in [1.807, 2.05) is 48.8 Å². The molecule has 0 radical (unpaired) electrons. The molecule has 58 heavy (non-hydrogen) atoms. The van der Waals surface area contributed by atoms with E-state index >= 15 is 0 Å². The van der Waals surface area contributed by atoms with Crippen molar-refractivity contribution in [3.05, 3.63) is 201 Å². The normalized spacial score (nSPS) is 11.4. The number of hydrogen-bond donors (Lipinski definition) is 0. The van der Waals surface area contributed by atoms with Crippen LogP contribution in [0.15, 0.2) is 205 Å². The Labute approximate surface area is 334 Å². The van der Waals surface area contributed by atoms with Gasteiger partial charge in [0.15, 0.2) is 0 Å². The van der Waals surface area contributed by atoms with Crippen molar-refractivity contribution in [1.82, 2.24) is 19.9 Å². The number of para-hydroxylation sites is 1. The summed E-state index contributed by atoms with van der Waals surface area (Å²) in [5.41, 5.74) is 13.3. The third-order valence-electron chi connectivity index (χ3n) is 10.8. The molecule has 0 fully saturated rings. The Kier molecular flexibility index (Phi) is 8.04. The number of rotatable bonds is 7. The fourth-order valence-electron chi connectivity index (χ4n) is 7.93. The largest absolute Gasteiger partial charge is 0.437 e. The Hall–Kier alpha value is -7.96. The van der Waals surface area contributed by atoms with Gasteiger partial charge in [0.1, 0.15) is 5.58 Å². The van der Waals surface area contributed by atoms with Gasteiger partial charge >= 0.3 is 0 Å². The van der Waals surface area contributed by atoms with Crippen LogP contribution in [0.1, 0.15) is 0 Å². The van der Waals surface area contributed by atoms with Crippen molar-refractivity contribution in [3.63, 3.8) is 0 Å². The fraction of sp³-hybridized carbons (Fsp3) is 0. The van der Waals surface area contributed by atoms with Crippen LogP contribution >= 0.6 is 0 Å². The van der Waals surface area contributed by atoms with Crippen LogP contribution in [-0.4, -0.2) is 19.9 Å². The summed E-state index contributed by atoms with van der Waals surface area (Å²) in [4.78, 5) is 21.4. The molecule has 0 saturated heterocycles. The summed E-state index contributed by atoms with van der Waals surface area (Å²) in [6, 6.07) is 63.2.